The number of nitrogens with zero attached hydrogens (tertiary/aromatic N) is 5. The summed E-state index contributed by atoms with van der Waals surface area (Å²) in [4.78, 5) is 28.3. The van der Waals surface area contributed by atoms with Crippen LogP contribution in [0.1, 0.15) is 75.9 Å². The van der Waals surface area contributed by atoms with Gasteiger partial charge in [0.05, 0.1) is 6.54 Å². The van der Waals surface area contributed by atoms with E-state index in [2.05, 4.69) is 14.8 Å². The summed E-state index contributed by atoms with van der Waals surface area (Å²) in [5, 5.41) is 8.86. The fraction of sp³-hybridized carbons (Fsp3) is 0.800. The van der Waals surface area contributed by atoms with Crippen LogP contribution in [0.15, 0.2) is 0 Å². The van der Waals surface area contributed by atoms with E-state index in [1.165, 1.54) is 32.1 Å². The molecule has 1 saturated carbocycles. The van der Waals surface area contributed by atoms with Crippen molar-refractivity contribution in [3.05, 3.63) is 11.6 Å². The Hall–Kier alpha value is -1.92. The van der Waals surface area contributed by atoms with Gasteiger partial charge in [-0.05, 0) is 31.6 Å². The van der Waals surface area contributed by atoms with Gasteiger partial charge in [0.25, 0.3) is 0 Å². The molecule has 0 spiro atoms. The number of carbonyl (C=O) groups is 2. The van der Waals surface area contributed by atoms with E-state index >= 15 is 0 Å². The van der Waals surface area contributed by atoms with Crippen molar-refractivity contribution in [2.24, 2.45) is 5.92 Å². The Kier molecular flexibility index (Phi) is 5.45. The molecule has 27 heavy (non-hydrogen) atoms. The Morgan fingerprint density at radius 3 is 2.56 bits per heavy atom. The van der Waals surface area contributed by atoms with Crippen molar-refractivity contribution in [1.82, 2.24) is 24.6 Å². The maximum atomic E-state index is 12.7. The molecule has 2 amide bonds. The van der Waals surface area contributed by atoms with Crippen LogP contribution in [-0.4, -0.2) is 56.0 Å². The van der Waals surface area contributed by atoms with Gasteiger partial charge in [0.15, 0.2) is 5.82 Å². The van der Waals surface area contributed by atoms with E-state index in [1.54, 1.807) is 6.92 Å². The Morgan fingerprint density at radius 2 is 1.78 bits per heavy atom. The lowest BCUT2D eigenvalue weighted by Crippen LogP contribution is -2.41. The quantitative estimate of drug-likeness (QED) is 0.815. The van der Waals surface area contributed by atoms with Gasteiger partial charge < -0.3 is 14.4 Å². The van der Waals surface area contributed by atoms with Crippen molar-refractivity contribution in [2.45, 2.75) is 77.3 Å². The zero-order valence-corrected chi connectivity index (χ0v) is 16.4. The highest BCUT2D eigenvalue weighted by molar-refractivity contribution is 5.76. The average Bonchev–Trinajstić information content (AvgIpc) is 3.12. The minimum atomic E-state index is 0.137. The lowest BCUT2D eigenvalue weighted by atomic mass is 9.86. The van der Waals surface area contributed by atoms with Crippen LogP contribution in [0.4, 0.5) is 0 Å². The SMILES string of the molecule is CC(=O)N1CCC[C@@H](c2nnc3n2CCN(C(=O)CC2CCCCC2)C3)C1. The van der Waals surface area contributed by atoms with Crippen LogP contribution in [0, 0.1) is 5.92 Å². The van der Waals surface area contributed by atoms with Gasteiger partial charge in [-0.2, -0.15) is 0 Å². The van der Waals surface area contributed by atoms with Crippen molar-refractivity contribution in [3.63, 3.8) is 0 Å². The molecule has 7 nitrogen and oxygen atoms in total. The van der Waals surface area contributed by atoms with E-state index in [0.29, 0.717) is 18.9 Å². The number of piperidine rings is 1. The summed E-state index contributed by atoms with van der Waals surface area (Å²) >= 11 is 0. The zero-order valence-electron chi connectivity index (χ0n) is 16.4. The van der Waals surface area contributed by atoms with E-state index in [0.717, 1.165) is 50.7 Å². The summed E-state index contributed by atoms with van der Waals surface area (Å²) in [6.45, 7) is 5.30. The van der Waals surface area contributed by atoms with E-state index in [4.69, 9.17) is 0 Å². The second-order valence-electron chi connectivity index (χ2n) is 8.45. The van der Waals surface area contributed by atoms with Crippen LogP contribution in [0.25, 0.3) is 0 Å². The number of carbonyl (C=O) groups excluding carboxylic acids is 2. The first kappa shape index (κ1) is 18.4. The third-order valence-electron chi connectivity index (χ3n) is 6.55. The van der Waals surface area contributed by atoms with Crippen molar-refractivity contribution in [3.8, 4) is 0 Å². The Labute approximate surface area is 161 Å². The summed E-state index contributed by atoms with van der Waals surface area (Å²) in [5.74, 6) is 3.13. The molecule has 1 atom stereocenters. The molecule has 0 aromatic carbocycles. The zero-order chi connectivity index (χ0) is 18.8. The molecule has 7 heteroatoms. The van der Waals surface area contributed by atoms with Crippen molar-refractivity contribution >= 4 is 11.8 Å². The number of fused-ring (bicyclic) bond motifs is 1. The highest BCUT2D eigenvalue weighted by atomic mass is 16.2. The predicted molar refractivity (Wildman–Crippen MR) is 101 cm³/mol. The number of amides is 2. The molecular weight excluding hydrogens is 342 g/mol. The molecule has 2 fully saturated rings. The lowest BCUT2D eigenvalue weighted by molar-refractivity contribution is -0.134. The minimum absolute atomic E-state index is 0.137. The molecular formula is C20H31N5O2. The standard InChI is InChI=1S/C20H31N5O2/c1-15(26)23-9-5-8-17(13-23)20-22-21-18-14-24(10-11-25(18)20)19(27)12-16-6-3-2-4-7-16/h16-17H,2-14H2,1H3/t17-/m1/s1. The lowest BCUT2D eigenvalue weighted by Gasteiger charge is -2.33. The van der Waals surface area contributed by atoms with Gasteiger partial charge >= 0.3 is 0 Å². The molecule has 3 aliphatic rings. The second-order valence-corrected chi connectivity index (χ2v) is 8.45. The van der Waals surface area contributed by atoms with Crippen LogP contribution in [0.3, 0.4) is 0 Å². The van der Waals surface area contributed by atoms with Gasteiger partial charge in [0, 0.05) is 45.4 Å². The summed E-state index contributed by atoms with van der Waals surface area (Å²) in [6, 6.07) is 0. The monoisotopic (exact) mass is 373 g/mol. The number of hydrogen-bond donors (Lipinski definition) is 0. The van der Waals surface area contributed by atoms with Crippen LogP contribution >= 0.6 is 0 Å². The molecule has 0 N–H and O–H groups in total. The first-order chi connectivity index (χ1) is 13.1. The smallest absolute Gasteiger partial charge is 0.223 e. The van der Waals surface area contributed by atoms with Crippen LogP contribution in [0.5, 0.6) is 0 Å². The number of likely N-dealkylation sites (tertiary alicyclic amines) is 1. The molecule has 1 aromatic heterocycles. The largest absolute Gasteiger partial charge is 0.342 e. The van der Waals surface area contributed by atoms with Crippen molar-refractivity contribution in [1.29, 1.82) is 0 Å². The molecule has 1 saturated heterocycles. The molecule has 2 aliphatic heterocycles. The number of hydrogen-bond acceptors (Lipinski definition) is 4. The molecule has 4 rings (SSSR count). The summed E-state index contributed by atoms with van der Waals surface area (Å²) < 4.78 is 2.19. The number of aromatic nitrogens is 3. The van der Waals surface area contributed by atoms with Gasteiger partial charge in [-0.15, -0.1) is 10.2 Å². The van der Waals surface area contributed by atoms with Gasteiger partial charge in [0.1, 0.15) is 5.82 Å². The fourth-order valence-corrected chi connectivity index (χ4v) is 4.94. The summed E-state index contributed by atoms with van der Waals surface area (Å²) in [6.07, 6.45) is 9.02. The minimum Gasteiger partial charge on any atom is -0.342 e. The van der Waals surface area contributed by atoms with E-state index < -0.39 is 0 Å². The van der Waals surface area contributed by atoms with Crippen LogP contribution in [-0.2, 0) is 22.7 Å². The van der Waals surface area contributed by atoms with Crippen LogP contribution < -0.4 is 0 Å². The molecule has 0 bridgehead atoms. The Bertz CT molecular complexity index is 695. The van der Waals surface area contributed by atoms with E-state index in [1.807, 2.05) is 9.80 Å². The van der Waals surface area contributed by atoms with E-state index in [-0.39, 0.29) is 17.7 Å². The molecule has 1 aliphatic carbocycles. The Balaban J connectivity index is 1.39. The first-order valence-electron chi connectivity index (χ1n) is 10.6. The second kappa shape index (κ2) is 7.98. The van der Waals surface area contributed by atoms with Crippen molar-refractivity contribution < 1.29 is 9.59 Å². The molecule has 0 radical (unpaired) electrons. The van der Waals surface area contributed by atoms with Gasteiger partial charge in [-0.25, -0.2) is 0 Å². The van der Waals surface area contributed by atoms with E-state index in [9.17, 15) is 9.59 Å². The highest BCUT2D eigenvalue weighted by Crippen LogP contribution is 2.29. The third kappa shape index (κ3) is 4.01. The Morgan fingerprint density at radius 1 is 0.963 bits per heavy atom. The van der Waals surface area contributed by atoms with Gasteiger partial charge in [-0.3, -0.25) is 9.59 Å². The normalized spacial score (nSPS) is 24.0. The summed E-state index contributed by atoms with van der Waals surface area (Å²) in [7, 11) is 0. The fourth-order valence-electron chi connectivity index (χ4n) is 4.94. The molecule has 0 unspecified atom stereocenters. The third-order valence-corrected chi connectivity index (χ3v) is 6.55. The maximum absolute atomic E-state index is 12.7. The summed E-state index contributed by atoms with van der Waals surface area (Å²) in [5.41, 5.74) is 0. The first-order valence-corrected chi connectivity index (χ1v) is 10.6. The average molecular weight is 374 g/mol. The highest BCUT2D eigenvalue weighted by Gasteiger charge is 2.31. The van der Waals surface area contributed by atoms with Crippen LogP contribution in [0.2, 0.25) is 0 Å². The topological polar surface area (TPSA) is 71.3 Å². The molecule has 3 heterocycles. The predicted octanol–water partition coefficient (Wildman–Crippen LogP) is 2.32. The number of rotatable bonds is 3. The van der Waals surface area contributed by atoms with Crippen molar-refractivity contribution in [2.75, 3.05) is 19.6 Å². The maximum Gasteiger partial charge on any atom is 0.223 e. The van der Waals surface area contributed by atoms with Gasteiger partial charge in [0.2, 0.25) is 11.8 Å². The molecule has 148 valence electrons. The molecule has 1 aromatic rings. The van der Waals surface area contributed by atoms with Gasteiger partial charge in [-0.1, -0.05) is 19.3 Å².